The molecule has 5 rings (SSSR count). The van der Waals surface area contributed by atoms with Gasteiger partial charge in [-0.25, -0.2) is 9.37 Å². The van der Waals surface area contributed by atoms with Crippen LogP contribution < -0.4 is 9.62 Å². The quantitative estimate of drug-likeness (QED) is 0.221. The molecule has 9 heteroatoms. The topological polar surface area (TPSA) is 33.1 Å². The Morgan fingerprint density at radius 3 is 2.44 bits per heavy atom. The van der Waals surface area contributed by atoms with E-state index in [0.29, 0.717) is 17.9 Å². The fourth-order valence-corrected chi connectivity index (χ4v) is 5.46. The Morgan fingerprint density at radius 2 is 1.67 bits per heavy atom. The summed E-state index contributed by atoms with van der Waals surface area (Å²) in [5.74, 6) is 1.08. The van der Waals surface area contributed by atoms with Gasteiger partial charge in [0, 0.05) is 24.9 Å². The minimum atomic E-state index is -4.33. The molecule has 188 valence electrons. The van der Waals surface area contributed by atoms with Crippen LogP contribution in [0.25, 0.3) is 11.0 Å². The smallest absolute Gasteiger partial charge is 0.342 e. The van der Waals surface area contributed by atoms with E-state index in [1.54, 1.807) is 18.2 Å². The third-order valence-electron chi connectivity index (χ3n) is 6.39. The molecule has 0 amide bonds. The van der Waals surface area contributed by atoms with Crippen LogP contribution in [0.2, 0.25) is 0 Å². The maximum Gasteiger partial charge on any atom is 0.416 e. The number of anilines is 1. The highest BCUT2D eigenvalue weighted by molar-refractivity contribution is 7.96. The zero-order valence-corrected chi connectivity index (χ0v) is 20.3. The number of fused-ring (bicyclic) bond motifs is 1. The normalized spacial score (nSPS) is 15.1. The highest BCUT2D eigenvalue weighted by Gasteiger charge is 2.30. The molecule has 1 fully saturated rings. The summed E-state index contributed by atoms with van der Waals surface area (Å²) in [6, 6.07) is 20.3. The SMILES string of the molecule is Fc1cccc(Cn2c(N3CCC(NSCc4cccc(C(F)(F)F)c4)CC3)nc3ccccc32)c1. The predicted octanol–water partition coefficient (Wildman–Crippen LogP) is 6.65. The molecule has 4 aromatic rings. The van der Waals surface area contributed by atoms with E-state index in [0.717, 1.165) is 54.5 Å². The second-order valence-corrected chi connectivity index (χ2v) is 9.80. The Morgan fingerprint density at radius 1 is 0.917 bits per heavy atom. The first-order valence-electron chi connectivity index (χ1n) is 11.8. The molecule has 4 nitrogen and oxygen atoms in total. The molecule has 1 aromatic heterocycles. The van der Waals surface area contributed by atoms with Gasteiger partial charge in [0.15, 0.2) is 0 Å². The number of piperidine rings is 1. The highest BCUT2D eigenvalue weighted by Crippen LogP contribution is 2.31. The molecule has 1 saturated heterocycles. The van der Waals surface area contributed by atoms with Crippen LogP contribution in [-0.2, 0) is 18.5 Å². The Balaban J connectivity index is 1.22. The van der Waals surface area contributed by atoms with Crippen molar-refractivity contribution in [1.82, 2.24) is 14.3 Å². The lowest BCUT2D eigenvalue weighted by Gasteiger charge is -2.33. The van der Waals surface area contributed by atoms with Crippen molar-refractivity contribution in [2.24, 2.45) is 0 Å². The van der Waals surface area contributed by atoms with Crippen LogP contribution in [0.15, 0.2) is 72.8 Å². The number of para-hydroxylation sites is 2. The molecule has 2 heterocycles. The van der Waals surface area contributed by atoms with E-state index in [4.69, 9.17) is 4.98 Å². The number of hydrogen-bond acceptors (Lipinski definition) is 4. The number of hydrogen-bond donors (Lipinski definition) is 1. The summed E-state index contributed by atoms with van der Waals surface area (Å²) >= 11 is 1.45. The second-order valence-electron chi connectivity index (χ2n) is 8.98. The molecule has 1 aliphatic rings. The van der Waals surface area contributed by atoms with Gasteiger partial charge in [0.25, 0.3) is 0 Å². The van der Waals surface area contributed by atoms with Crippen molar-refractivity contribution in [3.63, 3.8) is 0 Å². The average molecular weight is 515 g/mol. The number of nitrogens with one attached hydrogen (secondary N) is 1. The number of alkyl halides is 3. The lowest BCUT2D eigenvalue weighted by atomic mass is 10.1. The van der Waals surface area contributed by atoms with Crippen molar-refractivity contribution in [3.05, 3.63) is 95.3 Å². The standard InChI is InChI=1S/C27H26F4N4S/c28-22-8-4-5-19(16-22)17-35-25-10-2-1-9-24(25)32-26(35)34-13-11-23(12-14-34)33-36-18-20-6-3-7-21(15-20)27(29,30)31/h1-10,15-16,23,33H,11-14,17-18H2. The maximum absolute atomic E-state index is 13.8. The molecular weight excluding hydrogens is 488 g/mol. The van der Waals surface area contributed by atoms with Crippen LogP contribution in [-0.4, -0.2) is 28.7 Å². The van der Waals surface area contributed by atoms with Gasteiger partial charge >= 0.3 is 6.18 Å². The Kier molecular flexibility index (Phi) is 7.20. The number of benzene rings is 3. The van der Waals surface area contributed by atoms with Crippen LogP contribution in [0.5, 0.6) is 0 Å². The number of rotatable bonds is 7. The molecule has 36 heavy (non-hydrogen) atoms. The minimum absolute atomic E-state index is 0.256. The van der Waals surface area contributed by atoms with Gasteiger partial charge in [-0.2, -0.15) is 13.2 Å². The van der Waals surface area contributed by atoms with E-state index >= 15 is 0 Å². The molecule has 1 aliphatic heterocycles. The second kappa shape index (κ2) is 10.5. The zero-order valence-electron chi connectivity index (χ0n) is 19.5. The summed E-state index contributed by atoms with van der Waals surface area (Å²) in [5.41, 5.74) is 2.82. The van der Waals surface area contributed by atoms with Crippen LogP contribution in [0.1, 0.15) is 29.5 Å². The first kappa shape index (κ1) is 24.6. The third-order valence-corrected chi connectivity index (χ3v) is 7.36. The van der Waals surface area contributed by atoms with Crippen molar-refractivity contribution in [2.75, 3.05) is 18.0 Å². The minimum Gasteiger partial charge on any atom is -0.342 e. The average Bonchev–Trinajstić information content (AvgIpc) is 3.22. The Labute approximate surface area is 211 Å². The molecule has 0 radical (unpaired) electrons. The van der Waals surface area contributed by atoms with E-state index in [2.05, 4.69) is 14.2 Å². The summed E-state index contributed by atoms with van der Waals surface area (Å²) < 4.78 is 58.2. The van der Waals surface area contributed by atoms with Gasteiger partial charge in [-0.15, -0.1) is 0 Å². The van der Waals surface area contributed by atoms with Gasteiger partial charge < -0.3 is 9.47 Å². The summed E-state index contributed by atoms with van der Waals surface area (Å²) in [5, 5.41) is 0. The third kappa shape index (κ3) is 5.68. The number of halogens is 4. The van der Waals surface area contributed by atoms with Gasteiger partial charge in [-0.05, 0) is 54.3 Å². The molecule has 0 saturated carbocycles. The molecule has 0 atom stereocenters. The molecule has 0 unspecified atom stereocenters. The van der Waals surface area contributed by atoms with Crippen molar-refractivity contribution in [2.45, 2.75) is 37.4 Å². The van der Waals surface area contributed by atoms with Gasteiger partial charge in [0.05, 0.1) is 23.1 Å². The molecular formula is C27H26F4N4S. The zero-order chi connectivity index (χ0) is 25.1. The van der Waals surface area contributed by atoms with Crippen molar-refractivity contribution >= 4 is 28.9 Å². The first-order valence-corrected chi connectivity index (χ1v) is 12.8. The van der Waals surface area contributed by atoms with Crippen molar-refractivity contribution < 1.29 is 17.6 Å². The molecule has 0 bridgehead atoms. The van der Waals surface area contributed by atoms with Gasteiger partial charge in [0.2, 0.25) is 5.95 Å². The Hall–Kier alpha value is -3.04. The van der Waals surface area contributed by atoms with E-state index in [-0.39, 0.29) is 11.9 Å². The summed E-state index contributed by atoms with van der Waals surface area (Å²) in [6.45, 7) is 2.13. The van der Waals surface area contributed by atoms with E-state index in [1.165, 1.54) is 30.1 Å². The molecule has 0 aliphatic carbocycles. The molecule has 3 aromatic carbocycles. The molecule has 1 N–H and O–H groups in total. The van der Waals surface area contributed by atoms with Crippen molar-refractivity contribution in [1.29, 1.82) is 0 Å². The van der Waals surface area contributed by atoms with Gasteiger partial charge in [-0.3, -0.25) is 4.72 Å². The number of nitrogens with zero attached hydrogens (tertiary/aromatic N) is 3. The van der Waals surface area contributed by atoms with E-state index < -0.39 is 11.7 Å². The monoisotopic (exact) mass is 514 g/mol. The first-order chi connectivity index (χ1) is 17.4. The molecule has 0 spiro atoms. The number of imidazole rings is 1. The van der Waals surface area contributed by atoms with Gasteiger partial charge in [0.1, 0.15) is 5.82 Å². The largest absolute Gasteiger partial charge is 0.416 e. The maximum atomic E-state index is 13.8. The van der Waals surface area contributed by atoms with Crippen molar-refractivity contribution in [3.8, 4) is 0 Å². The summed E-state index contributed by atoms with van der Waals surface area (Å²) in [6.07, 6.45) is -2.55. The fraction of sp³-hybridized carbons (Fsp3) is 0.296. The fourth-order valence-electron chi connectivity index (χ4n) is 4.56. The van der Waals surface area contributed by atoms with Gasteiger partial charge in [-0.1, -0.05) is 54.4 Å². The number of aromatic nitrogens is 2. The lowest BCUT2D eigenvalue weighted by molar-refractivity contribution is -0.137. The summed E-state index contributed by atoms with van der Waals surface area (Å²) in [7, 11) is 0. The highest BCUT2D eigenvalue weighted by atomic mass is 32.2. The lowest BCUT2D eigenvalue weighted by Crippen LogP contribution is -2.41. The Bertz CT molecular complexity index is 1330. The predicted molar refractivity (Wildman–Crippen MR) is 136 cm³/mol. The van der Waals surface area contributed by atoms with E-state index in [1.807, 2.05) is 30.3 Å². The van der Waals surface area contributed by atoms with E-state index in [9.17, 15) is 17.6 Å². The van der Waals surface area contributed by atoms with Crippen LogP contribution in [0.3, 0.4) is 0 Å². The van der Waals surface area contributed by atoms with Crippen LogP contribution >= 0.6 is 11.9 Å². The van der Waals surface area contributed by atoms with Crippen LogP contribution in [0.4, 0.5) is 23.5 Å². The van der Waals surface area contributed by atoms with Crippen LogP contribution in [0, 0.1) is 5.82 Å². The summed E-state index contributed by atoms with van der Waals surface area (Å²) in [4.78, 5) is 7.15.